The molecule has 0 spiro atoms. The highest BCUT2D eigenvalue weighted by Gasteiger charge is 2.35. The van der Waals surface area contributed by atoms with Crippen molar-refractivity contribution < 1.29 is 5.11 Å². The van der Waals surface area contributed by atoms with Crippen molar-refractivity contribution in [2.75, 3.05) is 0 Å². The first kappa shape index (κ1) is 12.2. The third-order valence-corrected chi connectivity index (χ3v) is 4.86. The van der Waals surface area contributed by atoms with Gasteiger partial charge in [-0.2, -0.15) is 0 Å². The molecule has 16 heavy (non-hydrogen) atoms. The number of aliphatic hydroxyl groups is 1. The summed E-state index contributed by atoms with van der Waals surface area (Å²) in [6.07, 6.45) is 6.25. The molecule has 92 valence electrons. The molecule has 1 heteroatoms. The zero-order valence-electron chi connectivity index (χ0n) is 11.2. The van der Waals surface area contributed by atoms with Crippen LogP contribution < -0.4 is 0 Å². The van der Waals surface area contributed by atoms with Crippen LogP contribution in [-0.2, 0) is 0 Å². The van der Waals surface area contributed by atoms with Crippen molar-refractivity contribution in [3.8, 4) is 0 Å². The Labute approximate surface area is 99.9 Å². The SMILES string of the molecule is C[C@@H]1CC[C@@H](C(C)(C)O)CC2=C1CC[C@H]2C. The number of rotatable bonds is 1. The Hall–Kier alpha value is -0.300. The molecule has 0 aromatic carbocycles. The highest BCUT2D eigenvalue weighted by Crippen LogP contribution is 2.45. The minimum Gasteiger partial charge on any atom is -0.390 e. The maximum absolute atomic E-state index is 10.2. The zero-order valence-corrected chi connectivity index (χ0v) is 11.2. The van der Waals surface area contributed by atoms with E-state index in [4.69, 9.17) is 0 Å². The quantitative estimate of drug-likeness (QED) is 0.667. The monoisotopic (exact) mass is 222 g/mol. The second kappa shape index (κ2) is 4.18. The lowest BCUT2D eigenvalue weighted by Gasteiger charge is -2.30. The van der Waals surface area contributed by atoms with E-state index < -0.39 is 5.60 Å². The minimum atomic E-state index is -0.509. The zero-order chi connectivity index (χ0) is 11.9. The molecule has 0 unspecified atom stereocenters. The number of hydrogen-bond donors (Lipinski definition) is 1. The van der Waals surface area contributed by atoms with Crippen LogP contribution in [0.15, 0.2) is 11.1 Å². The van der Waals surface area contributed by atoms with Gasteiger partial charge < -0.3 is 5.11 Å². The fourth-order valence-corrected chi connectivity index (χ4v) is 3.51. The van der Waals surface area contributed by atoms with Crippen LogP contribution in [0.4, 0.5) is 0 Å². The summed E-state index contributed by atoms with van der Waals surface area (Å²) in [6, 6.07) is 0. The summed E-state index contributed by atoms with van der Waals surface area (Å²) in [5, 5.41) is 10.2. The molecular weight excluding hydrogens is 196 g/mol. The Morgan fingerprint density at radius 1 is 1.00 bits per heavy atom. The molecule has 2 aliphatic carbocycles. The number of hydrogen-bond acceptors (Lipinski definition) is 1. The van der Waals surface area contributed by atoms with E-state index in [0.29, 0.717) is 5.92 Å². The van der Waals surface area contributed by atoms with Gasteiger partial charge in [0, 0.05) is 0 Å². The fourth-order valence-electron chi connectivity index (χ4n) is 3.51. The van der Waals surface area contributed by atoms with E-state index in [2.05, 4.69) is 13.8 Å². The van der Waals surface area contributed by atoms with E-state index in [9.17, 15) is 5.11 Å². The Bertz CT molecular complexity index is 295. The van der Waals surface area contributed by atoms with E-state index >= 15 is 0 Å². The van der Waals surface area contributed by atoms with Crippen LogP contribution in [0.1, 0.15) is 59.8 Å². The Balaban J connectivity index is 2.23. The maximum Gasteiger partial charge on any atom is 0.0622 e. The van der Waals surface area contributed by atoms with Crippen molar-refractivity contribution in [1.82, 2.24) is 0 Å². The standard InChI is InChI=1S/C15H26O/c1-10-5-7-12(15(3,4)16)9-14-11(2)6-8-13(10)14/h10-12,16H,5-9H2,1-4H3/t10-,11-,12-/m1/s1. The minimum absolute atomic E-state index is 0.461. The van der Waals surface area contributed by atoms with E-state index in [0.717, 1.165) is 18.3 Å². The molecule has 1 nitrogen and oxygen atoms in total. The molecule has 0 saturated heterocycles. The summed E-state index contributed by atoms with van der Waals surface area (Å²) in [5.74, 6) is 1.98. The lowest BCUT2D eigenvalue weighted by molar-refractivity contribution is 0.0119. The molecular formula is C15H26O. The van der Waals surface area contributed by atoms with E-state index in [1.165, 1.54) is 25.7 Å². The highest BCUT2D eigenvalue weighted by atomic mass is 16.3. The summed E-state index contributed by atoms with van der Waals surface area (Å²) in [6.45, 7) is 8.70. The van der Waals surface area contributed by atoms with Crippen molar-refractivity contribution in [3.05, 3.63) is 11.1 Å². The summed E-state index contributed by atoms with van der Waals surface area (Å²) in [7, 11) is 0. The van der Waals surface area contributed by atoms with E-state index in [1.807, 2.05) is 13.8 Å². The Kier molecular flexibility index (Phi) is 3.18. The Morgan fingerprint density at radius 2 is 1.62 bits per heavy atom. The van der Waals surface area contributed by atoms with Crippen molar-refractivity contribution >= 4 is 0 Å². The molecule has 0 amide bonds. The summed E-state index contributed by atoms with van der Waals surface area (Å²) >= 11 is 0. The van der Waals surface area contributed by atoms with E-state index in [1.54, 1.807) is 11.1 Å². The van der Waals surface area contributed by atoms with Crippen LogP contribution >= 0.6 is 0 Å². The Morgan fingerprint density at radius 3 is 2.25 bits per heavy atom. The maximum atomic E-state index is 10.2. The van der Waals surface area contributed by atoms with Crippen LogP contribution in [0.3, 0.4) is 0 Å². The smallest absolute Gasteiger partial charge is 0.0622 e. The molecule has 3 atom stereocenters. The topological polar surface area (TPSA) is 20.2 Å². The van der Waals surface area contributed by atoms with Crippen molar-refractivity contribution in [3.63, 3.8) is 0 Å². The van der Waals surface area contributed by atoms with Crippen LogP contribution in [0.25, 0.3) is 0 Å². The van der Waals surface area contributed by atoms with Crippen LogP contribution in [0.5, 0.6) is 0 Å². The largest absolute Gasteiger partial charge is 0.390 e. The molecule has 0 fully saturated rings. The highest BCUT2D eigenvalue weighted by molar-refractivity contribution is 5.26. The van der Waals surface area contributed by atoms with Gasteiger partial charge in [-0.05, 0) is 63.7 Å². The van der Waals surface area contributed by atoms with Gasteiger partial charge in [0.15, 0.2) is 0 Å². The van der Waals surface area contributed by atoms with Gasteiger partial charge in [0.2, 0.25) is 0 Å². The molecule has 0 aliphatic heterocycles. The molecule has 2 aliphatic rings. The van der Waals surface area contributed by atoms with Crippen LogP contribution in [0.2, 0.25) is 0 Å². The van der Waals surface area contributed by atoms with Gasteiger partial charge in [0.25, 0.3) is 0 Å². The second-order valence-corrected chi connectivity index (χ2v) is 6.52. The molecule has 0 aromatic rings. The first-order valence-corrected chi connectivity index (χ1v) is 6.83. The van der Waals surface area contributed by atoms with Gasteiger partial charge in [0.05, 0.1) is 5.60 Å². The van der Waals surface area contributed by atoms with E-state index in [-0.39, 0.29) is 0 Å². The first-order valence-electron chi connectivity index (χ1n) is 6.83. The average Bonchev–Trinajstić information content (AvgIpc) is 2.42. The van der Waals surface area contributed by atoms with Crippen molar-refractivity contribution in [1.29, 1.82) is 0 Å². The third kappa shape index (κ3) is 2.20. The third-order valence-electron chi connectivity index (χ3n) is 4.86. The van der Waals surface area contributed by atoms with Gasteiger partial charge >= 0.3 is 0 Å². The van der Waals surface area contributed by atoms with Gasteiger partial charge in [-0.25, -0.2) is 0 Å². The molecule has 1 N–H and O–H groups in total. The molecule has 0 aromatic heterocycles. The predicted octanol–water partition coefficient (Wildman–Crippen LogP) is 3.92. The van der Waals surface area contributed by atoms with Crippen LogP contribution in [-0.4, -0.2) is 10.7 Å². The van der Waals surface area contributed by atoms with Crippen molar-refractivity contribution in [2.24, 2.45) is 17.8 Å². The van der Waals surface area contributed by atoms with Gasteiger partial charge in [-0.15, -0.1) is 0 Å². The summed E-state index contributed by atoms with van der Waals surface area (Å²) in [4.78, 5) is 0. The fraction of sp³-hybridized carbons (Fsp3) is 0.867. The van der Waals surface area contributed by atoms with Gasteiger partial charge in [0.1, 0.15) is 0 Å². The normalized spacial score (nSPS) is 36.2. The number of allylic oxidation sites excluding steroid dienone is 2. The predicted molar refractivity (Wildman–Crippen MR) is 68.2 cm³/mol. The van der Waals surface area contributed by atoms with Crippen molar-refractivity contribution in [2.45, 2.75) is 65.4 Å². The van der Waals surface area contributed by atoms with Crippen LogP contribution in [0, 0.1) is 17.8 Å². The van der Waals surface area contributed by atoms with Gasteiger partial charge in [-0.1, -0.05) is 25.0 Å². The first-order chi connectivity index (χ1) is 7.39. The molecule has 2 rings (SSSR count). The van der Waals surface area contributed by atoms with Gasteiger partial charge in [-0.3, -0.25) is 0 Å². The molecule has 0 saturated carbocycles. The summed E-state index contributed by atoms with van der Waals surface area (Å²) in [5.41, 5.74) is 2.92. The molecule has 0 bridgehead atoms. The molecule has 0 radical (unpaired) electrons. The lowest BCUT2D eigenvalue weighted by atomic mass is 9.81. The average molecular weight is 222 g/mol. The second-order valence-electron chi connectivity index (χ2n) is 6.52. The summed E-state index contributed by atoms with van der Waals surface area (Å²) < 4.78 is 0. The molecule has 0 heterocycles. The lowest BCUT2D eigenvalue weighted by Crippen LogP contribution is -2.31.